The number of benzene rings is 1. The summed E-state index contributed by atoms with van der Waals surface area (Å²) in [5, 5.41) is 21.5. The monoisotopic (exact) mass is 276 g/mol. The van der Waals surface area contributed by atoms with Crippen LogP contribution >= 0.6 is 0 Å². The van der Waals surface area contributed by atoms with Crippen LogP contribution in [0, 0.1) is 10.1 Å². The van der Waals surface area contributed by atoms with Crippen LogP contribution in [0.2, 0.25) is 0 Å². The molecule has 0 aliphatic rings. The number of aryl methyl sites for hydroxylation is 1. The normalized spacial score (nSPS) is 10.2. The highest BCUT2D eigenvalue weighted by Gasteiger charge is 2.16. The number of nitrogens with one attached hydrogen (secondary N) is 1. The summed E-state index contributed by atoms with van der Waals surface area (Å²) >= 11 is 0. The minimum absolute atomic E-state index is 0.0842. The predicted octanol–water partition coefficient (Wildman–Crippen LogP) is 0.434. The van der Waals surface area contributed by atoms with Crippen LogP contribution in [0.3, 0.4) is 0 Å². The van der Waals surface area contributed by atoms with Crippen molar-refractivity contribution in [2.45, 2.75) is 6.54 Å². The van der Waals surface area contributed by atoms with E-state index in [9.17, 15) is 14.9 Å². The summed E-state index contributed by atoms with van der Waals surface area (Å²) in [5.74, 6) is -0.0915. The summed E-state index contributed by atoms with van der Waals surface area (Å²) in [5.41, 5.74) is 5.25. The number of primary amides is 1. The molecule has 0 aliphatic carbocycles. The molecule has 0 bridgehead atoms. The molecule has 1 amide bonds. The molecule has 1 heterocycles. The average Bonchev–Trinajstić information content (AvgIpc) is 2.81. The van der Waals surface area contributed by atoms with Crippen molar-refractivity contribution < 1.29 is 9.72 Å². The molecule has 1 aromatic heterocycles. The van der Waals surface area contributed by atoms with E-state index in [-0.39, 0.29) is 23.5 Å². The highest BCUT2D eigenvalue weighted by Crippen LogP contribution is 2.25. The van der Waals surface area contributed by atoms with Crippen LogP contribution in [-0.4, -0.2) is 25.6 Å². The largest absolute Gasteiger partial charge is 0.372 e. The lowest BCUT2D eigenvalue weighted by Crippen LogP contribution is -2.12. The van der Waals surface area contributed by atoms with Gasteiger partial charge in [0.05, 0.1) is 11.5 Å². The van der Waals surface area contributed by atoms with Gasteiger partial charge in [0.25, 0.3) is 5.69 Å². The molecule has 0 unspecified atom stereocenters. The Bertz CT molecular complexity index is 666. The molecule has 0 saturated carbocycles. The molecule has 9 nitrogen and oxygen atoms in total. The standard InChI is InChI=1S/C11H12N6O3/c1-16-6-14-15-10(16)5-13-8-3-2-7(11(12)18)4-9(8)17(19)20/h2-4,6,13H,5H2,1H3,(H2,12,18). The van der Waals surface area contributed by atoms with Crippen molar-refractivity contribution in [1.82, 2.24) is 14.8 Å². The van der Waals surface area contributed by atoms with Crippen molar-refractivity contribution in [2.75, 3.05) is 5.32 Å². The molecule has 3 N–H and O–H groups in total. The van der Waals surface area contributed by atoms with Gasteiger partial charge in [0, 0.05) is 18.7 Å². The van der Waals surface area contributed by atoms with E-state index in [1.165, 1.54) is 18.5 Å². The first-order valence-corrected chi connectivity index (χ1v) is 5.64. The second kappa shape index (κ2) is 5.34. The highest BCUT2D eigenvalue weighted by atomic mass is 16.6. The average molecular weight is 276 g/mol. The fraction of sp³-hybridized carbons (Fsp3) is 0.182. The Labute approximate surface area is 113 Å². The van der Waals surface area contributed by atoms with E-state index in [1.807, 2.05) is 0 Å². The summed E-state index contributed by atoms with van der Waals surface area (Å²) in [6.45, 7) is 0.271. The molecule has 0 saturated heterocycles. The first-order valence-electron chi connectivity index (χ1n) is 5.64. The van der Waals surface area contributed by atoms with Gasteiger partial charge in [0.15, 0.2) is 5.82 Å². The summed E-state index contributed by atoms with van der Waals surface area (Å²) in [7, 11) is 1.77. The number of hydrogen-bond acceptors (Lipinski definition) is 6. The number of carbonyl (C=O) groups excluding carboxylic acids is 1. The lowest BCUT2D eigenvalue weighted by atomic mass is 10.1. The van der Waals surface area contributed by atoms with Gasteiger partial charge in [-0.25, -0.2) is 0 Å². The fourth-order valence-electron chi connectivity index (χ4n) is 1.63. The molecule has 0 atom stereocenters. The number of nitrogens with two attached hydrogens (primary N) is 1. The zero-order valence-electron chi connectivity index (χ0n) is 10.6. The summed E-state index contributed by atoms with van der Waals surface area (Å²) in [6.07, 6.45) is 1.53. The minimum Gasteiger partial charge on any atom is -0.372 e. The molecule has 104 valence electrons. The van der Waals surface area contributed by atoms with Crippen molar-refractivity contribution >= 4 is 17.3 Å². The maximum atomic E-state index is 11.0. The van der Waals surface area contributed by atoms with E-state index >= 15 is 0 Å². The maximum absolute atomic E-state index is 11.0. The SMILES string of the molecule is Cn1cnnc1CNc1ccc(C(N)=O)cc1[N+](=O)[O-]. The van der Waals surface area contributed by atoms with Gasteiger partial charge in [-0.1, -0.05) is 0 Å². The third-order valence-corrected chi connectivity index (χ3v) is 2.72. The first kappa shape index (κ1) is 13.5. The number of amides is 1. The van der Waals surface area contributed by atoms with Gasteiger partial charge in [-0.05, 0) is 12.1 Å². The van der Waals surface area contributed by atoms with Gasteiger partial charge in [-0.2, -0.15) is 0 Å². The molecule has 2 aromatic rings. The first-order chi connectivity index (χ1) is 9.49. The van der Waals surface area contributed by atoms with E-state index in [4.69, 9.17) is 5.73 Å². The van der Waals surface area contributed by atoms with Crippen LogP contribution < -0.4 is 11.1 Å². The van der Waals surface area contributed by atoms with E-state index in [0.29, 0.717) is 5.82 Å². The minimum atomic E-state index is -0.715. The third kappa shape index (κ3) is 2.71. The number of carbonyl (C=O) groups is 1. The quantitative estimate of drug-likeness (QED) is 0.602. The van der Waals surface area contributed by atoms with Crippen molar-refractivity contribution in [3.05, 3.63) is 46.0 Å². The molecule has 9 heteroatoms. The third-order valence-electron chi connectivity index (χ3n) is 2.72. The fourth-order valence-corrected chi connectivity index (χ4v) is 1.63. The molecule has 2 rings (SSSR count). The second-order valence-electron chi connectivity index (χ2n) is 4.06. The van der Waals surface area contributed by atoms with Crippen LogP contribution in [0.4, 0.5) is 11.4 Å². The van der Waals surface area contributed by atoms with Gasteiger partial charge >= 0.3 is 0 Å². The highest BCUT2D eigenvalue weighted by molar-refractivity contribution is 5.94. The number of nitro groups is 1. The van der Waals surface area contributed by atoms with Crippen molar-refractivity contribution in [2.24, 2.45) is 12.8 Å². The predicted molar refractivity (Wildman–Crippen MR) is 69.9 cm³/mol. The Morgan fingerprint density at radius 2 is 2.30 bits per heavy atom. The Morgan fingerprint density at radius 3 is 2.85 bits per heavy atom. The van der Waals surface area contributed by atoms with Gasteiger partial charge in [0.2, 0.25) is 5.91 Å². The van der Waals surface area contributed by atoms with Gasteiger partial charge in [0.1, 0.15) is 12.0 Å². The zero-order chi connectivity index (χ0) is 14.7. The Kier molecular flexibility index (Phi) is 3.60. The van der Waals surface area contributed by atoms with Gasteiger partial charge in [-0.15, -0.1) is 10.2 Å². The number of anilines is 1. The molecule has 1 aromatic carbocycles. The van der Waals surface area contributed by atoms with Crippen LogP contribution in [0.25, 0.3) is 0 Å². The number of aromatic nitrogens is 3. The van der Waals surface area contributed by atoms with E-state index in [1.54, 1.807) is 11.6 Å². The molecule has 0 aliphatic heterocycles. The Hall–Kier alpha value is -2.97. The molecule has 20 heavy (non-hydrogen) atoms. The smallest absolute Gasteiger partial charge is 0.293 e. The Morgan fingerprint density at radius 1 is 1.55 bits per heavy atom. The van der Waals surface area contributed by atoms with Crippen LogP contribution in [0.1, 0.15) is 16.2 Å². The number of nitro benzene ring substituents is 1. The van der Waals surface area contributed by atoms with Crippen molar-refractivity contribution in [3.63, 3.8) is 0 Å². The molecule has 0 fully saturated rings. The van der Waals surface area contributed by atoms with Gasteiger partial charge < -0.3 is 15.6 Å². The van der Waals surface area contributed by atoms with Crippen molar-refractivity contribution in [1.29, 1.82) is 0 Å². The van der Waals surface area contributed by atoms with Crippen molar-refractivity contribution in [3.8, 4) is 0 Å². The van der Waals surface area contributed by atoms with E-state index in [0.717, 1.165) is 6.07 Å². The Balaban J connectivity index is 2.25. The number of nitrogens with zero attached hydrogens (tertiary/aromatic N) is 4. The molecular formula is C11H12N6O3. The summed E-state index contributed by atoms with van der Waals surface area (Å²) in [6, 6.07) is 4.00. The van der Waals surface area contributed by atoms with Gasteiger partial charge in [-0.3, -0.25) is 14.9 Å². The summed E-state index contributed by atoms with van der Waals surface area (Å²) < 4.78 is 1.69. The van der Waals surface area contributed by atoms with E-state index < -0.39 is 10.8 Å². The van der Waals surface area contributed by atoms with Crippen LogP contribution in [-0.2, 0) is 13.6 Å². The lowest BCUT2D eigenvalue weighted by molar-refractivity contribution is -0.384. The zero-order valence-corrected chi connectivity index (χ0v) is 10.6. The topological polar surface area (TPSA) is 129 Å². The second-order valence-corrected chi connectivity index (χ2v) is 4.06. The van der Waals surface area contributed by atoms with Crippen LogP contribution in [0.15, 0.2) is 24.5 Å². The van der Waals surface area contributed by atoms with E-state index in [2.05, 4.69) is 15.5 Å². The van der Waals surface area contributed by atoms with Crippen LogP contribution in [0.5, 0.6) is 0 Å². The number of hydrogen-bond donors (Lipinski definition) is 2. The number of rotatable bonds is 5. The maximum Gasteiger partial charge on any atom is 0.293 e. The lowest BCUT2D eigenvalue weighted by Gasteiger charge is -2.07. The molecule has 0 spiro atoms. The molecule has 0 radical (unpaired) electrons. The molecular weight excluding hydrogens is 264 g/mol. The summed E-state index contributed by atoms with van der Waals surface area (Å²) in [4.78, 5) is 21.5.